The standard InChI is InChI=1S/C21H21N3O5S/c1-13-8-17(14(2)24(13)21-22-5-7-30-21)18(25)12-29-20(27)15-9-19(26)23(10-15)11-16-4-3-6-28-16/h3-8,15H,9-12H2,1-2H3/t15-/m1/s1. The zero-order valence-electron chi connectivity index (χ0n) is 16.7. The predicted octanol–water partition coefficient (Wildman–Crippen LogP) is 2.92. The SMILES string of the molecule is Cc1cc(C(=O)COC(=O)[C@@H]2CC(=O)N(Cc3ccco3)C2)c(C)n1-c1nccs1. The molecule has 9 heteroatoms. The topological polar surface area (TPSA) is 94.6 Å². The molecule has 1 atom stereocenters. The highest BCUT2D eigenvalue weighted by Crippen LogP contribution is 2.24. The number of ketones is 1. The van der Waals surface area contributed by atoms with Gasteiger partial charge in [-0.25, -0.2) is 4.98 Å². The Morgan fingerprint density at radius 3 is 2.90 bits per heavy atom. The summed E-state index contributed by atoms with van der Waals surface area (Å²) in [6, 6.07) is 5.30. The zero-order chi connectivity index (χ0) is 21.3. The lowest BCUT2D eigenvalue weighted by Crippen LogP contribution is -2.27. The van der Waals surface area contributed by atoms with Crippen LogP contribution in [0.4, 0.5) is 0 Å². The first-order valence-electron chi connectivity index (χ1n) is 9.53. The minimum atomic E-state index is -0.581. The van der Waals surface area contributed by atoms with Gasteiger partial charge in [-0.1, -0.05) is 0 Å². The number of likely N-dealkylation sites (tertiary alicyclic amines) is 1. The summed E-state index contributed by atoms with van der Waals surface area (Å²) in [4.78, 5) is 43.1. The quantitative estimate of drug-likeness (QED) is 0.425. The number of carbonyl (C=O) groups is 3. The van der Waals surface area contributed by atoms with Crippen molar-refractivity contribution in [2.75, 3.05) is 13.2 Å². The Hall–Kier alpha value is -3.20. The number of furan rings is 1. The summed E-state index contributed by atoms with van der Waals surface area (Å²) in [5.74, 6) is -0.874. The molecule has 0 N–H and O–H groups in total. The third-order valence-electron chi connectivity index (χ3n) is 5.16. The van der Waals surface area contributed by atoms with Crippen molar-refractivity contribution in [3.63, 3.8) is 0 Å². The van der Waals surface area contributed by atoms with E-state index in [-0.39, 0.29) is 31.3 Å². The number of aryl methyl sites for hydroxylation is 1. The monoisotopic (exact) mass is 427 g/mol. The smallest absolute Gasteiger partial charge is 0.311 e. The summed E-state index contributed by atoms with van der Waals surface area (Å²) in [5.41, 5.74) is 2.13. The van der Waals surface area contributed by atoms with E-state index in [2.05, 4.69) is 4.98 Å². The number of hydrogen-bond donors (Lipinski definition) is 0. The zero-order valence-corrected chi connectivity index (χ0v) is 17.5. The van der Waals surface area contributed by atoms with Crippen LogP contribution >= 0.6 is 11.3 Å². The van der Waals surface area contributed by atoms with Crippen molar-refractivity contribution in [2.24, 2.45) is 5.92 Å². The first-order chi connectivity index (χ1) is 14.4. The van der Waals surface area contributed by atoms with Gasteiger partial charge in [0.05, 0.1) is 18.7 Å². The summed E-state index contributed by atoms with van der Waals surface area (Å²) in [6.45, 7) is 3.95. The number of esters is 1. The van der Waals surface area contributed by atoms with Gasteiger partial charge in [-0.3, -0.25) is 19.0 Å². The molecular formula is C21H21N3O5S. The van der Waals surface area contributed by atoms with Crippen molar-refractivity contribution < 1.29 is 23.5 Å². The van der Waals surface area contributed by atoms with Gasteiger partial charge < -0.3 is 14.1 Å². The number of amides is 1. The molecule has 1 fully saturated rings. The molecule has 8 nitrogen and oxygen atoms in total. The number of Topliss-reactive ketones (excluding diaryl/α,β-unsaturated/α-hetero) is 1. The van der Waals surface area contributed by atoms with E-state index in [0.29, 0.717) is 17.9 Å². The van der Waals surface area contributed by atoms with Crippen molar-refractivity contribution >= 4 is 29.0 Å². The maximum Gasteiger partial charge on any atom is 0.311 e. The van der Waals surface area contributed by atoms with Crippen LogP contribution in [0.25, 0.3) is 5.13 Å². The van der Waals surface area contributed by atoms with Gasteiger partial charge >= 0.3 is 5.97 Å². The first kappa shape index (κ1) is 20.1. The maximum atomic E-state index is 12.7. The molecule has 1 aliphatic heterocycles. The number of aromatic nitrogens is 2. The van der Waals surface area contributed by atoms with Crippen LogP contribution in [-0.4, -0.2) is 45.3 Å². The van der Waals surface area contributed by atoms with Crippen LogP contribution < -0.4 is 0 Å². The normalized spacial score (nSPS) is 16.3. The molecule has 4 heterocycles. The molecular weight excluding hydrogens is 406 g/mol. The van der Waals surface area contributed by atoms with E-state index < -0.39 is 11.9 Å². The van der Waals surface area contributed by atoms with Crippen LogP contribution in [0, 0.1) is 19.8 Å². The van der Waals surface area contributed by atoms with Gasteiger partial charge in [0.25, 0.3) is 0 Å². The Balaban J connectivity index is 1.36. The molecule has 1 aliphatic rings. The molecule has 0 bridgehead atoms. The predicted molar refractivity (Wildman–Crippen MR) is 108 cm³/mol. The number of thiazole rings is 1. The fourth-order valence-corrected chi connectivity index (χ4v) is 4.42. The van der Waals surface area contributed by atoms with Crippen LogP contribution in [0.1, 0.15) is 33.9 Å². The highest BCUT2D eigenvalue weighted by atomic mass is 32.1. The Morgan fingerprint density at radius 2 is 2.20 bits per heavy atom. The van der Waals surface area contributed by atoms with Gasteiger partial charge in [0, 0.05) is 41.5 Å². The highest BCUT2D eigenvalue weighted by Gasteiger charge is 2.36. The lowest BCUT2D eigenvalue weighted by molar-refractivity contribution is -0.147. The van der Waals surface area contributed by atoms with E-state index in [1.54, 1.807) is 35.6 Å². The van der Waals surface area contributed by atoms with E-state index in [1.807, 2.05) is 23.8 Å². The van der Waals surface area contributed by atoms with Crippen molar-refractivity contribution in [3.8, 4) is 5.13 Å². The van der Waals surface area contributed by atoms with Crippen LogP contribution in [0.2, 0.25) is 0 Å². The van der Waals surface area contributed by atoms with Crippen molar-refractivity contribution in [2.45, 2.75) is 26.8 Å². The second kappa shape index (κ2) is 8.27. The average molecular weight is 427 g/mol. The number of rotatable bonds is 7. The Morgan fingerprint density at radius 1 is 1.37 bits per heavy atom. The number of ether oxygens (including phenoxy) is 1. The number of carbonyl (C=O) groups excluding carboxylic acids is 3. The van der Waals surface area contributed by atoms with Gasteiger partial charge in [0.1, 0.15) is 5.76 Å². The lowest BCUT2D eigenvalue weighted by Gasteiger charge is -2.14. The molecule has 4 rings (SSSR count). The summed E-state index contributed by atoms with van der Waals surface area (Å²) in [6.07, 6.45) is 3.32. The fourth-order valence-electron chi connectivity index (χ4n) is 3.67. The van der Waals surface area contributed by atoms with Gasteiger partial charge in [-0.05, 0) is 32.0 Å². The number of hydrogen-bond acceptors (Lipinski definition) is 7. The molecule has 1 amide bonds. The van der Waals surface area contributed by atoms with E-state index in [1.165, 1.54) is 11.3 Å². The second-order valence-corrected chi connectivity index (χ2v) is 8.09. The van der Waals surface area contributed by atoms with E-state index in [0.717, 1.165) is 16.5 Å². The minimum Gasteiger partial charge on any atom is -0.467 e. The van der Waals surface area contributed by atoms with Crippen LogP contribution in [0.3, 0.4) is 0 Å². The molecule has 3 aromatic rings. The molecule has 0 aromatic carbocycles. The summed E-state index contributed by atoms with van der Waals surface area (Å²) >= 11 is 1.48. The molecule has 1 saturated heterocycles. The third-order valence-corrected chi connectivity index (χ3v) is 5.92. The molecule has 0 saturated carbocycles. The summed E-state index contributed by atoms with van der Waals surface area (Å²) in [5, 5.41) is 2.65. The van der Waals surface area contributed by atoms with E-state index in [9.17, 15) is 14.4 Å². The van der Waals surface area contributed by atoms with Gasteiger partial charge in [-0.2, -0.15) is 0 Å². The molecule has 30 heavy (non-hydrogen) atoms. The molecule has 156 valence electrons. The van der Waals surface area contributed by atoms with E-state index >= 15 is 0 Å². The summed E-state index contributed by atoms with van der Waals surface area (Å²) < 4.78 is 12.4. The molecule has 0 aliphatic carbocycles. The Kier molecular flexibility index (Phi) is 5.54. The Labute approximate surface area is 177 Å². The maximum absolute atomic E-state index is 12.7. The minimum absolute atomic E-state index is 0.0757. The second-order valence-electron chi connectivity index (χ2n) is 7.22. The van der Waals surface area contributed by atoms with Gasteiger partial charge in [0.15, 0.2) is 11.7 Å². The Bertz CT molecular complexity index is 1070. The van der Waals surface area contributed by atoms with Crippen LogP contribution in [-0.2, 0) is 20.9 Å². The molecule has 0 spiro atoms. The highest BCUT2D eigenvalue weighted by molar-refractivity contribution is 7.12. The fraction of sp³-hybridized carbons (Fsp3) is 0.333. The molecule has 0 unspecified atom stereocenters. The van der Waals surface area contributed by atoms with Crippen LogP contribution in [0.15, 0.2) is 40.5 Å². The average Bonchev–Trinajstić information content (AvgIpc) is 3.50. The van der Waals surface area contributed by atoms with Crippen molar-refractivity contribution in [1.82, 2.24) is 14.5 Å². The first-order valence-corrected chi connectivity index (χ1v) is 10.4. The number of nitrogens with zero attached hydrogens (tertiary/aromatic N) is 3. The van der Waals surface area contributed by atoms with E-state index in [4.69, 9.17) is 9.15 Å². The largest absolute Gasteiger partial charge is 0.467 e. The molecule has 3 aromatic heterocycles. The van der Waals surface area contributed by atoms with Crippen molar-refractivity contribution in [1.29, 1.82) is 0 Å². The summed E-state index contributed by atoms with van der Waals surface area (Å²) in [7, 11) is 0. The van der Waals surface area contributed by atoms with Crippen LogP contribution in [0.5, 0.6) is 0 Å². The third kappa shape index (κ3) is 3.93. The lowest BCUT2D eigenvalue weighted by atomic mass is 10.1. The molecule has 0 radical (unpaired) electrons. The van der Waals surface area contributed by atoms with Crippen molar-refractivity contribution in [3.05, 3.63) is 58.8 Å². The van der Waals surface area contributed by atoms with Gasteiger partial charge in [0.2, 0.25) is 11.7 Å². The van der Waals surface area contributed by atoms with Gasteiger partial charge in [-0.15, -0.1) is 11.3 Å².